The van der Waals surface area contributed by atoms with Gasteiger partial charge in [0.05, 0.1) is 32.4 Å². The van der Waals surface area contributed by atoms with Gasteiger partial charge in [-0.05, 0) is 70.8 Å². The van der Waals surface area contributed by atoms with Crippen LogP contribution in [0.4, 0.5) is 5.69 Å². The molecule has 3 heterocycles. The van der Waals surface area contributed by atoms with E-state index < -0.39 is 6.04 Å². The number of rotatable bonds is 7. The van der Waals surface area contributed by atoms with Crippen molar-refractivity contribution in [1.82, 2.24) is 30.5 Å². The molecule has 13 heteroatoms. The lowest BCUT2D eigenvalue weighted by Crippen LogP contribution is -2.31. The molecule has 0 aliphatic carbocycles. The molecule has 2 bridgehead atoms. The number of benzene rings is 2. The van der Waals surface area contributed by atoms with E-state index in [4.69, 9.17) is 21.1 Å². The number of pyridine rings is 1. The van der Waals surface area contributed by atoms with Gasteiger partial charge in [-0.1, -0.05) is 36.6 Å². The molecule has 1 amide bonds. The van der Waals surface area contributed by atoms with Gasteiger partial charge in [-0.25, -0.2) is 4.79 Å². The maximum Gasteiger partial charge on any atom is 0.328 e. The number of nitrogens with zero attached hydrogens (tertiary/aromatic N) is 5. The fraction of sp³-hybridized carbons (Fsp3) is 0.281. The maximum absolute atomic E-state index is 13.3. The lowest BCUT2D eigenvalue weighted by Gasteiger charge is -2.24. The van der Waals surface area contributed by atoms with Crippen LogP contribution in [0.5, 0.6) is 0 Å². The summed E-state index contributed by atoms with van der Waals surface area (Å²) >= 11 is 6.23. The molecule has 2 aromatic heterocycles. The van der Waals surface area contributed by atoms with Crippen molar-refractivity contribution in [3.8, 4) is 16.8 Å². The Morgan fingerprint density at radius 1 is 1.07 bits per heavy atom. The van der Waals surface area contributed by atoms with Gasteiger partial charge in [-0.3, -0.25) is 14.6 Å². The smallest absolute Gasteiger partial charge is 0.328 e. The second-order valence-corrected chi connectivity index (χ2v) is 10.9. The number of hydrogen-bond acceptors (Lipinski definition) is 10. The van der Waals surface area contributed by atoms with E-state index in [2.05, 4.69) is 31.1 Å². The minimum atomic E-state index is -0.610. The van der Waals surface area contributed by atoms with Crippen LogP contribution in [0.1, 0.15) is 48.4 Å². The largest absolute Gasteiger partial charge is 0.469 e. The number of fused-ring (bicyclic) bond motifs is 4. The number of carbonyl (C=O) groups excluding carboxylic acids is 3. The summed E-state index contributed by atoms with van der Waals surface area (Å²) in [5.74, 6) is -1.06. The van der Waals surface area contributed by atoms with Crippen molar-refractivity contribution in [2.75, 3.05) is 19.5 Å². The van der Waals surface area contributed by atoms with Gasteiger partial charge < -0.3 is 20.1 Å². The van der Waals surface area contributed by atoms with Gasteiger partial charge in [0.2, 0.25) is 5.91 Å². The molecule has 1 aliphatic rings. The molecule has 2 aromatic carbocycles. The van der Waals surface area contributed by atoms with Crippen LogP contribution < -0.4 is 10.6 Å². The van der Waals surface area contributed by atoms with E-state index in [0.717, 1.165) is 28.7 Å². The van der Waals surface area contributed by atoms with Gasteiger partial charge in [-0.2, -0.15) is 4.68 Å². The number of anilines is 1. The highest BCUT2D eigenvalue weighted by molar-refractivity contribution is 6.30. The normalized spacial score (nSPS) is 16.4. The van der Waals surface area contributed by atoms with Crippen LogP contribution in [0.3, 0.4) is 0 Å². The van der Waals surface area contributed by atoms with E-state index in [-0.39, 0.29) is 30.3 Å². The number of aromatic nitrogens is 5. The summed E-state index contributed by atoms with van der Waals surface area (Å²) in [6.07, 6.45) is 10.7. The number of methoxy groups -OCH3 is 2. The van der Waals surface area contributed by atoms with Crippen molar-refractivity contribution in [2.45, 2.75) is 44.2 Å². The van der Waals surface area contributed by atoms with Crippen LogP contribution in [0.2, 0.25) is 5.02 Å². The lowest BCUT2D eigenvalue weighted by atomic mass is 9.94. The minimum absolute atomic E-state index is 0.0840. The van der Waals surface area contributed by atoms with Gasteiger partial charge in [-0.15, -0.1) is 5.10 Å². The second-order valence-electron chi connectivity index (χ2n) is 10.5. The summed E-state index contributed by atoms with van der Waals surface area (Å²) in [5.41, 5.74) is 5.12. The summed E-state index contributed by atoms with van der Waals surface area (Å²) in [6, 6.07) is 11.8. The van der Waals surface area contributed by atoms with E-state index in [1.165, 1.54) is 31.3 Å². The zero-order valence-electron chi connectivity index (χ0n) is 24.8. The highest BCUT2D eigenvalue weighted by atomic mass is 35.5. The lowest BCUT2D eigenvalue weighted by molar-refractivity contribution is -0.142. The molecule has 0 spiro atoms. The number of amides is 1. The van der Waals surface area contributed by atoms with Crippen molar-refractivity contribution in [3.05, 3.63) is 89.0 Å². The number of esters is 2. The first-order chi connectivity index (χ1) is 21.8. The standard InChI is InChI=1S/C32H32ClN7O5/c1-44-31(42)14-20-7-10-25-22-15-23(18-34-17-22)26(5-3-4-6-27(32(43)45-2)36-28(25)13-20)37-30(41)12-8-21-16-24(33)9-11-29(21)40-19-35-38-39-40/h7-13,15-19,26-27,36H,3-6,14H2,1-2H3,(H,37,41)/b12-8+/t26-,27+/m0/s1. The summed E-state index contributed by atoms with van der Waals surface area (Å²) < 4.78 is 11.4. The molecule has 0 radical (unpaired) electrons. The summed E-state index contributed by atoms with van der Waals surface area (Å²) in [7, 11) is 2.70. The Hall–Kier alpha value is -5.10. The average Bonchev–Trinajstić information content (AvgIpc) is 3.59. The molecule has 1 aliphatic heterocycles. The highest BCUT2D eigenvalue weighted by Crippen LogP contribution is 2.33. The first-order valence-corrected chi connectivity index (χ1v) is 14.7. The topological polar surface area (TPSA) is 150 Å². The van der Waals surface area contributed by atoms with E-state index in [1.807, 2.05) is 24.3 Å². The quantitative estimate of drug-likeness (QED) is 0.221. The van der Waals surface area contributed by atoms with Crippen LogP contribution in [0.25, 0.3) is 22.9 Å². The Labute approximate surface area is 264 Å². The molecule has 2 N–H and O–H groups in total. The van der Waals surface area contributed by atoms with Crippen LogP contribution in [-0.2, 0) is 30.3 Å². The Balaban J connectivity index is 1.45. The predicted octanol–water partition coefficient (Wildman–Crippen LogP) is 4.49. The maximum atomic E-state index is 13.3. The van der Waals surface area contributed by atoms with Crippen LogP contribution >= 0.6 is 11.6 Å². The van der Waals surface area contributed by atoms with Crippen molar-refractivity contribution >= 4 is 41.2 Å². The van der Waals surface area contributed by atoms with Gasteiger partial charge in [0.1, 0.15) is 12.4 Å². The molecule has 2 atom stereocenters. The van der Waals surface area contributed by atoms with Gasteiger partial charge >= 0.3 is 11.9 Å². The van der Waals surface area contributed by atoms with Crippen LogP contribution in [0.15, 0.2) is 67.3 Å². The Morgan fingerprint density at radius 2 is 1.91 bits per heavy atom. The third-order valence-corrected chi connectivity index (χ3v) is 7.74. The van der Waals surface area contributed by atoms with E-state index >= 15 is 0 Å². The number of hydrogen-bond donors (Lipinski definition) is 2. The molecule has 5 rings (SSSR count). The second kappa shape index (κ2) is 14.6. The van der Waals surface area contributed by atoms with Crippen molar-refractivity contribution in [2.24, 2.45) is 0 Å². The van der Waals surface area contributed by atoms with Crippen molar-refractivity contribution in [1.29, 1.82) is 0 Å². The number of ether oxygens (including phenoxy) is 2. The fourth-order valence-corrected chi connectivity index (χ4v) is 5.41. The molecule has 0 unspecified atom stereocenters. The van der Waals surface area contributed by atoms with Crippen LogP contribution in [-0.4, -0.2) is 63.3 Å². The Morgan fingerprint density at radius 3 is 2.69 bits per heavy atom. The molecule has 0 saturated heterocycles. The van der Waals surface area contributed by atoms with E-state index in [0.29, 0.717) is 41.2 Å². The molecule has 4 aromatic rings. The fourth-order valence-electron chi connectivity index (χ4n) is 5.23. The van der Waals surface area contributed by atoms with Gasteiger partial charge in [0, 0.05) is 45.9 Å². The minimum Gasteiger partial charge on any atom is -0.469 e. The number of halogens is 1. The summed E-state index contributed by atoms with van der Waals surface area (Å²) in [5, 5.41) is 18.3. The van der Waals surface area contributed by atoms with Gasteiger partial charge in [0.15, 0.2) is 0 Å². The first-order valence-electron chi connectivity index (χ1n) is 14.4. The number of carbonyl (C=O) groups is 3. The molecule has 0 fully saturated rings. The van der Waals surface area contributed by atoms with Crippen molar-refractivity contribution in [3.63, 3.8) is 0 Å². The van der Waals surface area contributed by atoms with E-state index in [9.17, 15) is 14.4 Å². The Bertz CT molecular complexity index is 1710. The molecule has 0 saturated carbocycles. The third kappa shape index (κ3) is 7.90. The molecular formula is C32H32ClN7O5. The number of tetrazole rings is 1. The van der Waals surface area contributed by atoms with Gasteiger partial charge in [0.25, 0.3) is 0 Å². The third-order valence-electron chi connectivity index (χ3n) is 7.50. The molecule has 12 nitrogen and oxygen atoms in total. The molecule has 45 heavy (non-hydrogen) atoms. The molecular weight excluding hydrogens is 598 g/mol. The first kappa shape index (κ1) is 31.3. The average molecular weight is 630 g/mol. The molecule has 232 valence electrons. The van der Waals surface area contributed by atoms with Crippen molar-refractivity contribution < 1.29 is 23.9 Å². The van der Waals surface area contributed by atoms with Crippen LogP contribution in [0, 0.1) is 0 Å². The summed E-state index contributed by atoms with van der Waals surface area (Å²) in [4.78, 5) is 42.5. The zero-order valence-corrected chi connectivity index (χ0v) is 25.5. The SMILES string of the molecule is COC(=O)Cc1ccc2c(c1)N[C@@H](C(=O)OC)CCCC[C@H](NC(=O)/C=C/c1cc(Cl)ccc1-n1cnnn1)c1cncc-2c1. The van der Waals surface area contributed by atoms with E-state index in [1.54, 1.807) is 36.7 Å². The highest BCUT2D eigenvalue weighted by Gasteiger charge is 2.23. The monoisotopic (exact) mass is 629 g/mol. The Kier molecular flexibility index (Phi) is 10.2. The number of nitrogens with one attached hydrogen (secondary N) is 2. The predicted molar refractivity (Wildman–Crippen MR) is 167 cm³/mol. The zero-order chi connectivity index (χ0) is 31.8. The summed E-state index contributed by atoms with van der Waals surface area (Å²) in [6.45, 7) is 0.